The summed E-state index contributed by atoms with van der Waals surface area (Å²) in [7, 11) is -3.38. The summed E-state index contributed by atoms with van der Waals surface area (Å²) in [6, 6.07) is 6.38. The first-order chi connectivity index (χ1) is 11.2. The van der Waals surface area contributed by atoms with Crippen LogP contribution in [0.15, 0.2) is 29.6 Å². The van der Waals surface area contributed by atoms with Gasteiger partial charge in [0.2, 0.25) is 0 Å². The monoisotopic (exact) mass is 353 g/mol. The predicted octanol–water partition coefficient (Wildman–Crippen LogP) is 5.53. The van der Waals surface area contributed by atoms with Gasteiger partial charge < -0.3 is 4.52 Å². The van der Waals surface area contributed by atoms with E-state index in [0.717, 1.165) is 18.4 Å². The van der Waals surface area contributed by atoms with Gasteiger partial charge in [0.25, 0.3) is 5.69 Å². The molecule has 1 aromatic carbocycles. The summed E-state index contributed by atoms with van der Waals surface area (Å²) in [5.74, 6) is 0. The normalized spacial score (nSPS) is 22.8. The summed E-state index contributed by atoms with van der Waals surface area (Å²) >= 11 is 0. The molecule has 0 aromatic heterocycles. The predicted molar refractivity (Wildman–Crippen MR) is 93.9 cm³/mol. The Kier molecular flexibility index (Phi) is 5.63. The first-order valence-electron chi connectivity index (χ1n) is 8.19. The molecule has 1 heterocycles. The fourth-order valence-electron chi connectivity index (χ4n) is 3.06. The van der Waals surface area contributed by atoms with Crippen molar-refractivity contribution in [2.24, 2.45) is 0 Å². The van der Waals surface area contributed by atoms with E-state index in [1.54, 1.807) is 19.1 Å². The molecule has 1 aromatic rings. The molecule has 1 aliphatic rings. The molecular formula is C17H24NO5P. The maximum absolute atomic E-state index is 13.2. The van der Waals surface area contributed by atoms with Crippen molar-refractivity contribution in [1.29, 1.82) is 0 Å². The van der Waals surface area contributed by atoms with E-state index in [9.17, 15) is 14.7 Å². The van der Waals surface area contributed by atoms with E-state index >= 15 is 0 Å². The molecule has 2 rings (SSSR count). The van der Waals surface area contributed by atoms with Crippen LogP contribution in [0.4, 0.5) is 5.69 Å². The number of non-ortho nitro benzene ring substituents is 1. The minimum Gasteiger partial charge on any atom is -0.306 e. The topological polar surface area (TPSA) is 78.7 Å². The van der Waals surface area contributed by atoms with Crippen molar-refractivity contribution < 1.29 is 18.5 Å². The van der Waals surface area contributed by atoms with Crippen LogP contribution in [0.5, 0.6) is 0 Å². The summed E-state index contributed by atoms with van der Waals surface area (Å²) in [5.41, 5.74) is 0.584. The van der Waals surface area contributed by atoms with Crippen LogP contribution in [0.3, 0.4) is 0 Å². The van der Waals surface area contributed by atoms with Crippen molar-refractivity contribution in [3.05, 3.63) is 45.3 Å². The molecule has 1 atom stereocenters. The Bertz CT molecular complexity index is 711. The zero-order valence-corrected chi connectivity index (χ0v) is 15.5. The molecule has 0 saturated heterocycles. The maximum atomic E-state index is 13.2. The zero-order chi connectivity index (χ0) is 18.0. The number of rotatable bonds is 7. The molecule has 0 aliphatic carbocycles. The van der Waals surface area contributed by atoms with E-state index in [4.69, 9.17) is 9.05 Å². The molecule has 1 unspecified atom stereocenters. The van der Waals surface area contributed by atoms with Crippen molar-refractivity contribution >= 4 is 18.9 Å². The summed E-state index contributed by atoms with van der Waals surface area (Å²) in [6.07, 6.45) is 2.39. The van der Waals surface area contributed by atoms with Gasteiger partial charge in [0.15, 0.2) is 0 Å². The van der Waals surface area contributed by atoms with Gasteiger partial charge in [-0.15, -0.1) is 0 Å². The number of nitro benzene ring substituents is 1. The average molecular weight is 353 g/mol. The van der Waals surface area contributed by atoms with E-state index < -0.39 is 18.1 Å². The summed E-state index contributed by atoms with van der Waals surface area (Å²) in [5, 5.41) is 11.7. The van der Waals surface area contributed by atoms with Crippen molar-refractivity contribution in [2.45, 2.75) is 52.6 Å². The number of allylic oxidation sites excluding steroid dienone is 1. The summed E-state index contributed by atoms with van der Waals surface area (Å²) in [4.78, 5) is 10.7. The second-order valence-electron chi connectivity index (χ2n) is 6.25. The second kappa shape index (κ2) is 7.18. The summed E-state index contributed by atoms with van der Waals surface area (Å²) < 4.78 is 24.6. The van der Waals surface area contributed by atoms with E-state index in [0.29, 0.717) is 17.3 Å². The fraction of sp³-hybridized carbons (Fsp3) is 0.529. The van der Waals surface area contributed by atoms with Crippen LogP contribution >= 0.6 is 7.60 Å². The average Bonchev–Trinajstić information content (AvgIpc) is 2.70. The van der Waals surface area contributed by atoms with Gasteiger partial charge in [0.05, 0.1) is 17.1 Å². The standard InChI is InChI=1S/C17H24NO5P/c1-5-7-11-15-16(13-9-8-10-14(12-13)18(19)20)17(3,4)23-24(15,21)22-6-2/h8-10,12H,5-7,11H2,1-4H3. The molecule has 0 N–H and O–H groups in total. The number of unbranched alkanes of at least 4 members (excludes halogenated alkanes) is 1. The van der Waals surface area contributed by atoms with Crippen LogP contribution in [0.1, 0.15) is 52.5 Å². The smallest absolute Gasteiger partial charge is 0.306 e. The van der Waals surface area contributed by atoms with Gasteiger partial charge in [-0.3, -0.25) is 19.2 Å². The zero-order valence-electron chi connectivity index (χ0n) is 14.6. The lowest BCUT2D eigenvalue weighted by Crippen LogP contribution is -2.20. The van der Waals surface area contributed by atoms with Crippen molar-refractivity contribution in [3.8, 4) is 0 Å². The third kappa shape index (κ3) is 3.61. The fourth-order valence-corrected chi connectivity index (χ4v) is 5.51. The van der Waals surface area contributed by atoms with Crippen molar-refractivity contribution in [3.63, 3.8) is 0 Å². The van der Waals surface area contributed by atoms with Crippen molar-refractivity contribution in [2.75, 3.05) is 6.61 Å². The molecule has 0 amide bonds. The number of hydrogen-bond donors (Lipinski definition) is 0. The number of hydrogen-bond acceptors (Lipinski definition) is 5. The van der Waals surface area contributed by atoms with Crippen LogP contribution in [0.25, 0.3) is 5.57 Å². The molecule has 0 bridgehead atoms. The molecule has 0 spiro atoms. The van der Waals surface area contributed by atoms with E-state index in [1.165, 1.54) is 12.1 Å². The number of nitrogens with zero attached hydrogens (tertiary/aromatic N) is 1. The molecule has 132 valence electrons. The van der Waals surface area contributed by atoms with E-state index in [-0.39, 0.29) is 12.3 Å². The third-order valence-electron chi connectivity index (χ3n) is 3.98. The maximum Gasteiger partial charge on any atom is 0.358 e. The molecular weight excluding hydrogens is 329 g/mol. The Hall–Kier alpha value is -1.49. The Morgan fingerprint density at radius 2 is 2.04 bits per heavy atom. The van der Waals surface area contributed by atoms with Gasteiger partial charge in [0, 0.05) is 23.0 Å². The Labute approximate surface area is 142 Å². The highest BCUT2D eigenvalue weighted by Crippen LogP contribution is 2.69. The molecule has 6 nitrogen and oxygen atoms in total. The summed E-state index contributed by atoms with van der Waals surface area (Å²) in [6.45, 7) is 7.77. The van der Waals surface area contributed by atoms with Gasteiger partial charge >= 0.3 is 7.60 Å². The second-order valence-corrected chi connectivity index (χ2v) is 8.23. The highest BCUT2D eigenvalue weighted by molar-refractivity contribution is 7.59. The highest BCUT2D eigenvalue weighted by Gasteiger charge is 2.49. The van der Waals surface area contributed by atoms with E-state index in [2.05, 4.69) is 6.92 Å². The molecule has 0 fully saturated rings. The molecule has 1 aliphatic heterocycles. The first kappa shape index (κ1) is 18.8. The Morgan fingerprint density at radius 3 is 2.62 bits per heavy atom. The minimum absolute atomic E-state index is 0.00350. The lowest BCUT2D eigenvalue weighted by atomic mass is 9.89. The van der Waals surface area contributed by atoms with Gasteiger partial charge in [-0.25, -0.2) is 0 Å². The van der Waals surface area contributed by atoms with Gasteiger partial charge in [-0.2, -0.15) is 0 Å². The minimum atomic E-state index is -3.38. The molecule has 7 heteroatoms. The molecule has 0 radical (unpaired) electrons. The third-order valence-corrected chi connectivity index (χ3v) is 6.38. The highest BCUT2D eigenvalue weighted by atomic mass is 31.2. The Balaban J connectivity index is 2.64. The van der Waals surface area contributed by atoms with Gasteiger partial charge in [0.1, 0.15) is 0 Å². The molecule has 24 heavy (non-hydrogen) atoms. The van der Waals surface area contributed by atoms with Crippen LogP contribution in [-0.4, -0.2) is 17.1 Å². The first-order valence-corrected chi connectivity index (χ1v) is 9.73. The lowest BCUT2D eigenvalue weighted by molar-refractivity contribution is -0.384. The van der Waals surface area contributed by atoms with Crippen molar-refractivity contribution in [1.82, 2.24) is 0 Å². The van der Waals surface area contributed by atoms with Gasteiger partial charge in [-0.1, -0.05) is 25.5 Å². The largest absolute Gasteiger partial charge is 0.358 e. The number of nitro groups is 1. The van der Waals surface area contributed by atoms with Gasteiger partial charge in [-0.05, 0) is 39.2 Å². The lowest BCUT2D eigenvalue weighted by Gasteiger charge is -2.23. The quantitative estimate of drug-likeness (QED) is 0.365. The van der Waals surface area contributed by atoms with Crippen LogP contribution in [0, 0.1) is 10.1 Å². The van der Waals surface area contributed by atoms with E-state index in [1.807, 2.05) is 13.8 Å². The Morgan fingerprint density at radius 1 is 1.33 bits per heavy atom. The number of benzene rings is 1. The van der Waals surface area contributed by atoms with Crippen LogP contribution < -0.4 is 0 Å². The molecule has 0 saturated carbocycles. The van der Waals surface area contributed by atoms with Crippen LogP contribution in [0.2, 0.25) is 0 Å². The SMILES string of the molecule is CCCCC1=C(c2cccc([N+](=O)[O-])c2)C(C)(C)OP1(=O)OCC. The van der Waals surface area contributed by atoms with Crippen LogP contribution in [-0.2, 0) is 13.6 Å².